The molecule has 0 saturated carbocycles. The monoisotopic (exact) mass is 337 g/mol. The van der Waals surface area contributed by atoms with Crippen LogP contribution in [-0.4, -0.2) is 12.5 Å². The van der Waals surface area contributed by atoms with E-state index in [-0.39, 0.29) is 12.3 Å². The van der Waals surface area contributed by atoms with Gasteiger partial charge in [-0.15, -0.1) is 0 Å². The van der Waals surface area contributed by atoms with Gasteiger partial charge >= 0.3 is 6.18 Å². The van der Waals surface area contributed by atoms with Gasteiger partial charge < -0.3 is 10.1 Å². The van der Waals surface area contributed by atoms with Gasteiger partial charge in [-0.1, -0.05) is 26.0 Å². The summed E-state index contributed by atoms with van der Waals surface area (Å²) in [5.41, 5.74) is 0.616. The Labute approximate surface area is 138 Å². The molecule has 3 nitrogen and oxygen atoms in total. The van der Waals surface area contributed by atoms with Crippen LogP contribution in [0.2, 0.25) is 0 Å². The van der Waals surface area contributed by atoms with E-state index in [9.17, 15) is 18.0 Å². The number of alkyl halides is 3. The molecular weight excluding hydrogens is 319 g/mol. The van der Waals surface area contributed by atoms with Gasteiger partial charge in [-0.3, -0.25) is 4.79 Å². The second kappa shape index (κ2) is 7.38. The van der Waals surface area contributed by atoms with Crippen LogP contribution in [0.5, 0.6) is 5.75 Å². The molecular formula is C18H18F3NO2. The fraction of sp³-hybridized carbons (Fsp3) is 0.278. The number of halogens is 3. The molecule has 6 heteroatoms. The largest absolute Gasteiger partial charge is 0.484 e. The lowest BCUT2D eigenvalue weighted by Crippen LogP contribution is -2.20. The predicted molar refractivity (Wildman–Crippen MR) is 86.1 cm³/mol. The lowest BCUT2D eigenvalue weighted by Gasteiger charge is -2.11. The number of carbonyl (C=O) groups is 1. The maximum Gasteiger partial charge on any atom is 0.416 e. The van der Waals surface area contributed by atoms with Gasteiger partial charge in [0.2, 0.25) is 0 Å². The summed E-state index contributed by atoms with van der Waals surface area (Å²) < 4.78 is 42.8. The van der Waals surface area contributed by atoms with E-state index in [0.29, 0.717) is 11.7 Å². The van der Waals surface area contributed by atoms with Gasteiger partial charge in [0.15, 0.2) is 6.61 Å². The van der Waals surface area contributed by atoms with E-state index in [1.54, 1.807) is 6.07 Å². The fourth-order valence-corrected chi connectivity index (χ4v) is 2.05. The first-order chi connectivity index (χ1) is 11.3. The highest BCUT2D eigenvalue weighted by Gasteiger charge is 2.29. The average molecular weight is 337 g/mol. The molecule has 2 aromatic carbocycles. The van der Waals surface area contributed by atoms with Gasteiger partial charge in [0.25, 0.3) is 5.91 Å². The zero-order chi connectivity index (χ0) is 17.7. The standard InChI is InChI=1S/C18H18F3NO2/c1-12(2)13-4-3-5-16(10-13)24-11-17(23)22-15-8-6-14(7-9-15)18(19,20)21/h3-10,12H,11H2,1-2H3,(H,22,23). The van der Waals surface area contributed by atoms with Gasteiger partial charge in [-0.05, 0) is 47.9 Å². The van der Waals surface area contributed by atoms with Crippen molar-refractivity contribution in [1.82, 2.24) is 0 Å². The van der Waals surface area contributed by atoms with Crippen LogP contribution < -0.4 is 10.1 Å². The third-order valence-electron chi connectivity index (χ3n) is 3.39. The van der Waals surface area contributed by atoms with Crippen molar-refractivity contribution in [2.24, 2.45) is 0 Å². The Morgan fingerprint density at radius 2 is 1.79 bits per heavy atom. The summed E-state index contributed by atoms with van der Waals surface area (Å²) in [6, 6.07) is 11.7. The lowest BCUT2D eigenvalue weighted by atomic mass is 10.0. The highest BCUT2D eigenvalue weighted by atomic mass is 19.4. The Morgan fingerprint density at radius 3 is 2.38 bits per heavy atom. The SMILES string of the molecule is CC(C)c1cccc(OCC(=O)Nc2ccc(C(F)(F)F)cc2)c1. The van der Waals surface area contributed by atoms with Crippen molar-refractivity contribution in [3.05, 3.63) is 59.7 Å². The number of rotatable bonds is 5. The van der Waals surface area contributed by atoms with Crippen molar-refractivity contribution >= 4 is 11.6 Å². The smallest absolute Gasteiger partial charge is 0.416 e. The van der Waals surface area contributed by atoms with Crippen LogP contribution in [-0.2, 0) is 11.0 Å². The third kappa shape index (κ3) is 5.01. The molecule has 2 aromatic rings. The Kier molecular flexibility index (Phi) is 5.49. The first-order valence-corrected chi connectivity index (χ1v) is 7.45. The average Bonchev–Trinajstić information content (AvgIpc) is 2.53. The maximum atomic E-state index is 12.5. The highest BCUT2D eigenvalue weighted by Crippen LogP contribution is 2.29. The van der Waals surface area contributed by atoms with Crippen molar-refractivity contribution in [3.63, 3.8) is 0 Å². The molecule has 0 aliphatic carbocycles. The van der Waals surface area contributed by atoms with Crippen molar-refractivity contribution in [2.75, 3.05) is 11.9 Å². The number of ether oxygens (including phenoxy) is 1. The molecule has 0 spiro atoms. The van der Waals surface area contributed by atoms with Crippen LogP contribution in [0.3, 0.4) is 0 Å². The molecule has 24 heavy (non-hydrogen) atoms. The quantitative estimate of drug-likeness (QED) is 0.847. The molecule has 0 atom stereocenters. The number of hydrogen-bond acceptors (Lipinski definition) is 2. The zero-order valence-corrected chi connectivity index (χ0v) is 13.4. The lowest BCUT2D eigenvalue weighted by molar-refractivity contribution is -0.137. The van der Waals surface area contributed by atoms with Gasteiger partial charge in [-0.25, -0.2) is 0 Å². The van der Waals surface area contributed by atoms with Gasteiger partial charge in [0.1, 0.15) is 5.75 Å². The number of carbonyl (C=O) groups excluding carboxylic acids is 1. The van der Waals surface area contributed by atoms with E-state index in [4.69, 9.17) is 4.74 Å². The highest BCUT2D eigenvalue weighted by molar-refractivity contribution is 5.91. The zero-order valence-electron chi connectivity index (χ0n) is 13.4. The summed E-state index contributed by atoms with van der Waals surface area (Å²) in [4.78, 5) is 11.8. The Morgan fingerprint density at radius 1 is 1.12 bits per heavy atom. The second-order valence-corrected chi connectivity index (χ2v) is 5.64. The molecule has 0 fully saturated rings. The summed E-state index contributed by atoms with van der Waals surface area (Å²) in [5.74, 6) is 0.475. The fourth-order valence-electron chi connectivity index (χ4n) is 2.05. The minimum atomic E-state index is -4.40. The number of amides is 1. The Balaban J connectivity index is 1.90. The van der Waals surface area contributed by atoms with E-state index in [1.807, 2.05) is 18.2 Å². The molecule has 0 heterocycles. The molecule has 0 bridgehead atoms. The molecule has 1 amide bonds. The van der Waals surface area contributed by atoms with E-state index in [0.717, 1.165) is 17.7 Å². The molecule has 2 rings (SSSR count). The van der Waals surface area contributed by atoms with Crippen molar-refractivity contribution < 1.29 is 22.7 Å². The third-order valence-corrected chi connectivity index (χ3v) is 3.39. The van der Waals surface area contributed by atoms with E-state index in [2.05, 4.69) is 19.2 Å². The summed E-state index contributed by atoms with van der Waals surface area (Å²) in [6.45, 7) is 3.88. The van der Waals surface area contributed by atoms with Crippen LogP contribution in [0.4, 0.5) is 18.9 Å². The van der Waals surface area contributed by atoms with Crippen LogP contribution in [0.25, 0.3) is 0 Å². The molecule has 0 aliphatic heterocycles. The van der Waals surface area contributed by atoms with E-state index in [1.165, 1.54) is 12.1 Å². The first kappa shape index (κ1) is 17.8. The number of benzene rings is 2. The molecule has 0 unspecified atom stereocenters. The minimum absolute atomic E-state index is 0.220. The predicted octanol–water partition coefficient (Wildman–Crippen LogP) is 4.85. The van der Waals surface area contributed by atoms with Crippen LogP contribution >= 0.6 is 0 Å². The Bertz CT molecular complexity index is 694. The van der Waals surface area contributed by atoms with Crippen molar-refractivity contribution in [2.45, 2.75) is 25.9 Å². The molecule has 0 saturated heterocycles. The van der Waals surface area contributed by atoms with Crippen LogP contribution in [0, 0.1) is 0 Å². The topological polar surface area (TPSA) is 38.3 Å². The second-order valence-electron chi connectivity index (χ2n) is 5.64. The summed E-state index contributed by atoms with van der Waals surface area (Å²) >= 11 is 0. The number of anilines is 1. The van der Waals surface area contributed by atoms with E-state index >= 15 is 0 Å². The van der Waals surface area contributed by atoms with Crippen molar-refractivity contribution in [3.8, 4) is 5.75 Å². The number of hydrogen-bond donors (Lipinski definition) is 1. The Hall–Kier alpha value is -2.50. The molecule has 0 aromatic heterocycles. The first-order valence-electron chi connectivity index (χ1n) is 7.45. The summed E-state index contributed by atoms with van der Waals surface area (Å²) in [5, 5.41) is 2.50. The summed E-state index contributed by atoms with van der Waals surface area (Å²) in [7, 11) is 0. The normalized spacial score (nSPS) is 11.4. The molecule has 128 valence electrons. The van der Waals surface area contributed by atoms with Crippen molar-refractivity contribution in [1.29, 1.82) is 0 Å². The minimum Gasteiger partial charge on any atom is -0.484 e. The van der Waals surface area contributed by atoms with Crippen LogP contribution in [0.15, 0.2) is 48.5 Å². The van der Waals surface area contributed by atoms with Crippen LogP contribution in [0.1, 0.15) is 30.9 Å². The summed E-state index contributed by atoms with van der Waals surface area (Å²) in [6.07, 6.45) is -4.40. The molecule has 1 N–H and O–H groups in total. The van der Waals surface area contributed by atoms with Gasteiger partial charge in [0.05, 0.1) is 5.56 Å². The van der Waals surface area contributed by atoms with E-state index < -0.39 is 17.6 Å². The maximum absolute atomic E-state index is 12.5. The molecule has 0 aliphatic rings. The number of nitrogens with one attached hydrogen (secondary N) is 1. The molecule has 0 radical (unpaired) electrons. The van der Waals surface area contributed by atoms with Gasteiger partial charge in [0, 0.05) is 5.69 Å². The van der Waals surface area contributed by atoms with Gasteiger partial charge in [-0.2, -0.15) is 13.2 Å².